The van der Waals surface area contributed by atoms with Crippen molar-refractivity contribution in [3.8, 4) is 0 Å². The molecule has 0 bridgehead atoms. The zero-order valence-electron chi connectivity index (χ0n) is 11.6. The second kappa shape index (κ2) is 6.82. The first-order chi connectivity index (χ1) is 10.8. The van der Waals surface area contributed by atoms with E-state index in [4.69, 9.17) is 11.6 Å². The summed E-state index contributed by atoms with van der Waals surface area (Å²) >= 11 is 5.86. The molecule has 1 aromatic carbocycles. The second-order valence-electron chi connectivity index (χ2n) is 4.51. The lowest BCUT2D eigenvalue weighted by Crippen LogP contribution is -2.06. The van der Waals surface area contributed by atoms with Crippen LogP contribution in [0, 0.1) is 0 Å². The average Bonchev–Trinajstić information content (AvgIpc) is 2.57. The third kappa shape index (κ3) is 3.89. The van der Waals surface area contributed by atoms with Gasteiger partial charge in [-0.05, 0) is 35.9 Å². The van der Waals surface area contributed by atoms with E-state index < -0.39 is 0 Å². The summed E-state index contributed by atoms with van der Waals surface area (Å²) in [5.74, 6) is 1.05. The molecule has 0 spiro atoms. The van der Waals surface area contributed by atoms with E-state index in [1.165, 1.54) is 0 Å². The fourth-order valence-electron chi connectivity index (χ4n) is 1.80. The predicted molar refractivity (Wildman–Crippen MR) is 86.1 cm³/mol. The van der Waals surface area contributed by atoms with Gasteiger partial charge in [0.2, 0.25) is 5.95 Å². The molecule has 110 valence electrons. The van der Waals surface area contributed by atoms with Gasteiger partial charge in [-0.1, -0.05) is 17.7 Å². The fourth-order valence-corrected chi connectivity index (χ4v) is 1.93. The van der Waals surface area contributed by atoms with Crippen LogP contribution in [0.25, 0.3) is 0 Å². The van der Waals surface area contributed by atoms with Crippen LogP contribution in [-0.2, 0) is 6.54 Å². The molecule has 0 amide bonds. The lowest BCUT2D eigenvalue weighted by Gasteiger charge is -2.07. The highest BCUT2D eigenvalue weighted by Gasteiger charge is 2.01. The summed E-state index contributed by atoms with van der Waals surface area (Å²) in [5, 5.41) is 14.8. The van der Waals surface area contributed by atoms with Crippen LogP contribution >= 0.6 is 11.6 Å². The molecule has 0 aliphatic rings. The Bertz CT molecular complexity index is 733. The number of hydrogen-bond acceptors (Lipinski definition) is 6. The van der Waals surface area contributed by atoms with E-state index in [0.29, 0.717) is 23.3 Å². The maximum Gasteiger partial charge on any atom is 0.244 e. The molecular formula is C15H13ClN6. The number of nitrogens with zero attached hydrogens (tertiary/aromatic N) is 4. The fraction of sp³-hybridized carbons (Fsp3) is 0.0667. The van der Waals surface area contributed by atoms with Gasteiger partial charge in [-0.2, -0.15) is 10.1 Å². The van der Waals surface area contributed by atoms with Gasteiger partial charge in [0.15, 0.2) is 5.82 Å². The smallest absolute Gasteiger partial charge is 0.244 e. The minimum atomic E-state index is 0.447. The molecule has 0 fully saturated rings. The lowest BCUT2D eigenvalue weighted by atomic mass is 10.3. The lowest BCUT2D eigenvalue weighted by molar-refractivity contribution is 0.946. The molecule has 3 aromatic rings. The molecular weight excluding hydrogens is 300 g/mol. The zero-order valence-corrected chi connectivity index (χ0v) is 12.3. The SMILES string of the molecule is Clc1ccc(Nc2cnnc(NCc3cccnc3)n2)cc1. The molecule has 2 aromatic heterocycles. The van der Waals surface area contributed by atoms with Crippen molar-refractivity contribution in [2.75, 3.05) is 10.6 Å². The first kappa shape index (κ1) is 14.2. The Morgan fingerprint density at radius 3 is 2.68 bits per heavy atom. The van der Waals surface area contributed by atoms with Gasteiger partial charge in [-0.15, -0.1) is 5.10 Å². The zero-order chi connectivity index (χ0) is 15.2. The van der Waals surface area contributed by atoms with Gasteiger partial charge in [0.1, 0.15) is 0 Å². The highest BCUT2D eigenvalue weighted by molar-refractivity contribution is 6.30. The number of rotatable bonds is 5. The summed E-state index contributed by atoms with van der Waals surface area (Å²) in [6.45, 7) is 0.583. The Kier molecular flexibility index (Phi) is 4.41. The predicted octanol–water partition coefficient (Wildman–Crippen LogP) is 3.28. The summed E-state index contributed by atoms with van der Waals surface area (Å²) in [5.41, 5.74) is 1.92. The highest BCUT2D eigenvalue weighted by atomic mass is 35.5. The number of nitrogens with one attached hydrogen (secondary N) is 2. The third-order valence-corrected chi connectivity index (χ3v) is 3.10. The van der Waals surface area contributed by atoms with Crippen molar-refractivity contribution in [3.05, 3.63) is 65.6 Å². The Balaban J connectivity index is 1.66. The Morgan fingerprint density at radius 2 is 1.91 bits per heavy atom. The number of anilines is 3. The highest BCUT2D eigenvalue weighted by Crippen LogP contribution is 2.17. The first-order valence-corrected chi connectivity index (χ1v) is 7.02. The summed E-state index contributed by atoms with van der Waals surface area (Å²) in [6.07, 6.45) is 5.08. The molecule has 0 saturated carbocycles. The van der Waals surface area contributed by atoms with Gasteiger partial charge in [-0.3, -0.25) is 4.98 Å². The number of aromatic nitrogens is 4. The van der Waals surface area contributed by atoms with Crippen molar-refractivity contribution in [3.63, 3.8) is 0 Å². The molecule has 0 atom stereocenters. The van der Waals surface area contributed by atoms with Gasteiger partial charge in [0, 0.05) is 29.6 Å². The normalized spacial score (nSPS) is 10.2. The van der Waals surface area contributed by atoms with Crippen LogP contribution in [0.15, 0.2) is 55.0 Å². The van der Waals surface area contributed by atoms with Crippen molar-refractivity contribution in [1.82, 2.24) is 20.2 Å². The van der Waals surface area contributed by atoms with Crippen molar-refractivity contribution in [2.45, 2.75) is 6.54 Å². The molecule has 0 aliphatic carbocycles. The number of pyridine rings is 1. The van der Waals surface area contributed by atoms with Gasteiger partial charge < -0.3 is 10.6 Å². The van der Waals surface area contributed by atoms with E-state index in [1.807, 2.05) is 24.3 Å². The van der Waals surface area contributed by atoms with Gasteiger partial charge >= 0.3 is 0 Å². The molecule has 2 heterocycles. The Labute approximate surface area is 132 Å². The van der Waals surface area contributed by atoms with E-state index in [-0.39, 0.29) is 0 Å². The molecule has 2 N–H and O–H groups in total. The minimum absolute atomic E-state index is 0.447. The quantitative estimate of drug-likeness (QED) is 0.753. The van der Waals surface area contributed by atoms with Crippen LogP contribution in [0.2, 0.25) is 5.02 Å². The van der Waals surface area contributed by atoms with Crippen molar-refractivity contribution < 1.29 is 0 Å². The number of benzene rings is 1. The number of hydrogen-bond donors (Lipinski definition) is 2. The van der Waals surface area contributed by atoms with Crippen LogP contribution in [0.3, 0.4) is 0 Å². The average molecular weight is 313 g/mol. The van der Waals surface area contributed by atoms with Crippen LogP contribution < -0.4 is 10.6 Å². The second-order valence-corrected chi connectivity index (χ2v) is 4.95. The molecule has 0 radical (unpaired) electrons. The van der Waals surface area contributed by atoms with E-state index in [1.54, 1.807) is 30.7 Å². The Morgan fingerprint density at radius 1 is 1.05 bits per heavy atom. The molecule has 3 rings (SSSR count). The summed E-state index contributed by atoms with van der Waals surface area (Å²) in [7, 11) is 0. The van der Waals surface area contributed by atoms with Crippen LogP contribution in [0.4, 0.5) is 17.5 Å². The van der Waals surface area contributed by atoms with Crippen LogP contribution in [0.5, 0.6) is 0 Å². The van der Waals surface area contributed by atoms with Crippen molar-refractivity contribution in [2.24, 2.45) is 0 Å². The molecule has 0 aliphatic heterocycles. The topological polar surface area (TPSA) is 75.6 Å². The van der Waals surface area contributed by atoms with Crippen molar-refractivity contribution >= 4 is 29.1 Å². The first-order valence-electron chi connectivity index (χ1n) is 6.65. The van der Waals surface area contributed by atoms with E-state index >= 15 is 0 Å². The van der Waals surface area contributed by atoms with Crippen LogP contribution in [-0.4, -0.2) is 20.2 Å². The monoisotopic (exact) mass is 312 g/mol. The van der Waals surface area contributed by atoms with E-state index in [2.05, 4.69) is 30.8 Å². The van der Waals surface area contributed by atoms with Gasteiger partial charge in [0.25, 0.3) is 0 Å². The molecule has 7 heteroatoms. The molecule has 0 unspecified atom stereocenters. The van der Waals surface area contributed by atoms with Gasteiger partial charge in [-0.25, -0.2) is 0 Å². The minimum Gasteiger partial charge on any atom is -0.349 e. The van der Waals surface area contributed by atoms with Gasteiger partial charge in [0.05, 0.1) is 6.20 Å². The van der Waals surface area contributed by atoms with Crippen molar-refractivity contribution in [1.29, 1.82) is 0 Å². The largest absolute Gasteiger partial charge is 0.349 e. The molecule has 0 saturated heterocycles. The Hall–Kier alpha value is -2.73. The van der Waals surface area contributed by atoms with E-state index in [9.17, 15) is 0 Å². The summed E-state index contributed by atoms with van der Waals surface area (Å²) in [4.78, 5) is 8.41. The van der Waals surface area contributed by atoms with Crippen LogP contribution in [0.1, 0.15) is 5.56 Å². The summed E-state index contributed by atoms with van der Waals surface area (Å²) in [6, 6.07) is 11.2. The maximum absolute atomic E-state index is 5.86. The van der Waals surface area contributed by atoms with E-state index in [0.717, 1.165) is 11.3 Å². The third-order valence-electron chi connectivity index (χ3n) is 2.85. The summed E-state index contributed by atoms with van der Waals surface area (Å²) < 4.78 is 0. The number of halogens is 1. The standard InChI is InChI=1S/C15H13ClN6/c16-12-3-5-13(6-4-12)20-14-10-19-22-15(21-14)18-9-11-2-1-7-17-8-11/h1-8,10H,9H2,(H2,18,20,21,22). The molecule has 22 heavy (non-hydrogen) atoms. The maximum atomic E-state index is 5.86. The molecule has 6 nitrogen and oxygen atoms in total.